The Balaban J connectivity index is 1.82. The van der Waals surface area contributed by atoms with Crippen LogP contribution in [0.2, 0.25) is 0 Å². The van der Waals surface area contributed by atoms with Crippen molar-refractivity contribution in [2.24, 2.45) is 11.8 Å². The Morgan fingerprint density at radius 1 is 1.29 bits per heavy atom. The number of ether oxygens (including phenoxy) is 1. The predicted octanol–water partition coefficient (Wildman–Crippen LogP) is 1.92. The molecule has 2 nitrogen and oxygen atoms in total. The molecule has 1 N–H and O–H groups in total. The SMILES string of the molecule is C[C@H]1CNC[C@@H]1COc1ccccc1. The molecule has 1 aliphatic rings. The van der Waals surface area contributed by atoms with E-state index in [9.17, 15) is 0 Å². The van der Waals surface area contributed by atoms with Gasteiger partial charge in [-0.3, -0.25) is 0 Å². The highest BCUT2D eigenvalue weighted by atomic mass is 16.5. The van der Waals surface area contributed by atoms with Crippen LogP contribution in [0.5, 0.6) is 5.75 Å². The number of hydrogen-bond acceptors (Lipinski definition) is 2. The van der Waals surface area contributed by atoms with Crippen LogP contribution in [0.4, 0.5) is 0 Å². The van der Waals surface area contributed by atoms with Crippen LogP contribution in [0.15, 0.2) is 30.3 Å². The molecule has 0 radical (unpaired) electrons. The van der Waals surface area contributed by atoms with Crippen molar-refractivity contribution in [3.05, 3.63) is 30.3 Å². The van der Waals surface area contributed by atoms with Crippen LogP contribution in [0.3, 0.4) is 0 Å². The Morgan fingerprint density at radius 3 is 2.71 bits per heavy atom. The van der Waals surface area contributed by atoms with E-state index in [0.717, 1.165) is 31.4 Å². The largest absolute Gasteiger partial charge is 0.493 e. The van der Waals surface area contributed by atoms with E-state index in [1.165, 1.54) is 0 Å². The third kappa shape index (κ3) is 2.26. The molecular weight excluding hydrogens is 174 g/mol. The summed E-state index contributed by atoms with van der Waals surface area (Å²) in [6, 6.07) is 10.0. The van der Waals surface area contributed by atoms with Crippen molar-refractivity contribution in [1.82, 2.24) is 5.32 Å². The highest BCUT2D eigenvalue weighted by molar-refractivity contribution is 5.20. The second-order valence-corrected chi connectivity index (χ2v) is 4.02. The first kappa shape index (κ1) is 9.53. The molecule has 0 saturated carbocycles. The maximum absolute atomic E-state index is 5.72. The van der Waals surface area contributed by atoms with Crippen LogP contribution >= 0.6 is 0 Å². The Morgan fingerprint density at radius 2 is 2.07 bits per heavy atom. The van der Waals surface area contributed by atoms with E-state index in [1.807, 2.05) is 30.3 Å². The van der Waals surface area contributed by atoms with Crippen LogP contribution in [0.1, 0.15) is 6.92 Å². The zero-order valence-corrected chi connectivity index (χ0v) is 8.57. The summed E-state index contributed by atoms with van der Waals surface area (Å²) in [6.07, 6.45) is 0. The molecule has 0 unspecified atom stereocenters. The molecule has 1 aromatic carbocycles. The maximum Gasteiger partial charge on any atom is 0.119 e. The van der Waals surface area contributed by atoms with Crippen molar-refractivity contribution in [2.75, 3.05) is 19.7 Å². The lowest BCUT2D eigenvalue weighted by Crippen LogP contribution is -2.18. The van der Waals surface area contributed by atoms with Gasteiger partial charge >= 0.3 is 0 Å². The van der Waals surface area contributed by atoms with E-state index in [0.29, 0.717) is 5.92 Å². The molecular formula is C12H17NO. The Kier molecular flexibility index (Phi) is 3.04. The molecule has 1 aliphatic heterocycles. The fourth-order valence-electron chi connectivity index (χ4n) is 1.81. The zero-order valence-electron chi connectivity index (χ0n) is 8.57. The van der Waals surface area contributed by atoms with Crippen molar-refractivity contribution in [3.63, 3.8) is 0 Å². The van der Waals surface area contributed by atoms with Gasteiger partial charge in [0, 0.05) is 12.5 Å². The minimum absolute atomic E-state index is 0.662. The predicted molar refractivity (Wildman–Crippen MR) is 57.5 cm³/mol. The van der Waals surface area contributed by atoms with Gasteiger partial charge in [0.25, 0.3) is 0 Å². The minimum Gasteiger partial charge on any atom is -0.493 e. The normalized spacial score (nSPS) is 26.4. The topological polar surface area (TPSA) is 21.3 Å². The summed E-state index contributed by atoms with van der Waals surface area (Å²) in [7, 11) is 0. The van der Waals surface area contributed by atoms with E-state index in [4.69, 9.17) is 4.74 Å². The number of rotatable bonds is 3. The zero-order chi connectivity index (χ0) is 9.80. The van der Waals surface area contributed by atoms with Crippen molar-refractivity contribution in [2.45, 2.75) is 6.92 Å². The van der Waals surface area contributed by atoms with Gasteiger partial charge in [0.2, 0.25) is 0 Å². The molecule has 0 amide bonds. The van der Waals surface area contributed by atoms with Crippen molar-refractivity contribution in [1.29, 1.82) is 0 Å². The molecule has 2 atom stereocenters. The van der Waals surface area contributed by atoms with Crippen molar-refractivity contribution >= 4 is 0 Å². The van der Waals surface area contributed by atoms with E-state index in [-0.39, 0.29) is 0 Å². The Hall–Kier alpha value is -1.02. The number of nitrogens with one attached hydrogen (secondary N) is 1. The lowest BCUT2D eigenvalue weighted by Gasteiger charge is -2.14. The van der Waals surface area contributed by atoms with Crippen LogP contribution in [0.25, 0.3) is 0 Å². The molecule has 0 aliphatic carbocycles. The molecule has 0 aromatic heterocycles. The summed E-state index contributed by atoms with van der Waals surface area (Å²) >= 11 is 0. The van der Waals surface area contributed by atoms with Gasteiger partial charge in [0.05, 0.1) is 6.61 Å². The van der Waals surface area contributed by atoms with Crippen molar-refractivity contribution in [3.8, 4) is 5.75 Å². The van der Waals surface area contributed by atoms with Gasteiger partial charge < -0.3 is 10.1 Å². The summed E-state index contributed by atoms with van der Waals surface area (Å²) in [5, 5.41) is 3.38. The number of hydrogen-bond donors (Lipinski definition) is 1. The summed E-state index contributed by atoms with van der Waals surface area (Å²) in [4.78, 5) is 0. The molecule has 76 valence electrons. The maximum atomic E-state index is 5.72. The Labute approximate surface area is 85.3 Å². The fourth-order valence-corrected chi connectivity index (χ4v) is 1.81. The average Bonchev–Trinajstić information content (AvgIpc) is 2.63. The first-order valence-corrected chi connectivity index (χ1v) is 5.25. The Bertz CT molecular complexity index is 273. The van der Waals surface area contributed by atoms with Gasteiger partial charge in [0.1, 0.15) is 5.75 Å². The van der Waals surface area contributed by atoms with E-state index >= 15 is 0 Å². The molecule has 0 spiro atoms. The van der Waals surface area contributed by atoms with Gasteiger partial charge in [-0.15, -0.1) is 0 Å². The van der Waals surface area contributed by atoms with Crippen molar-refractivity contribution < 1.29 is 4.74 Å². The minimum atomic E-state index is 0.662. The molecule has 2 heteroatoms. The van der Waals surface area contributed by atoms with E-state index < -0.39 is 0 Å². The molecule has 1 heterocycles. The standard InChI is InChI=1S/C12H17NO/c1-10-7-13-8-11(10)9-14-12-5-3-2-4-6-12/h2-6,10-11,13H,7-9H2,1H3/t10-,11+/m0/s1. The van der Waals surface area contributed by atoms with Crippen LogP contribution in [0, 0.1) is 11.8 Å². The lowest BCUT2D eigenvalue weighted by atomic mass is 9.99. The summed E-state index contributed by atoms with van der Waals surface area (Å²) in [5.74, 6) is 2.38. The highest BCUT2D eigenvalue weighted by Crippen LogP contribution is 2.18. The van der Waals surface area contributed by atoms with Gasteiger partial charge in [0.15, 0.2) is 0 Å². The van der Waals surface area contributed by atoms with Gasteiger partial charge in [-0.05, 0) is 24.6 Å². The second kappa shape index (κ2) is 4.47. The van der Waals surface area contributed by atoms with Gasteiger partial charge in [-0.1, -0.05) is 25.1 Å². The first-order valence-electron chi connectivity index (χ1n) is 5.25. The lowest BCUT2D eigenvalue weighted by molar-refractivity contribution is 0.233. The second-order valence-electron chi connectivity index (χ2n) is 4.02. The van der Waals surface area contributed by atoms with E-state index in [2.05, 4.69) is 12.2 Å². The summed E-state index contributed by atoms with van der Waals surface area (Å²) in [6.45, 7) is 5.33. The molecule has 14 heavy (non-hydrogen) atoms. The number of para-hydroxylation sites is 1. The van der Waals surface area contributed by atoms with Crippen LogP contribution < -0.4 is 10.1 Å². The molecule has 1 fully saturated rings. The van der Waals surface area contributed by atoms with Gasteiger partial charge in [-0.25, -0.2) is 0 Å². The smallest absolute Gasteiger partial charge is 0.119 e. The number of benzene rings is 1. The molecule has 0 bridgehead atoms. The van der Waals surface area contributed by atoms with Gasteiger partial charge in [-0.2, -0.15) is 0 Å². The monoisotopic (exact) mass is 191 g/mol. The quantitative estimate of drug-likeness (QED) is 0.788. The molecule has 2 rings (SSSR count). The fraction of sp³-hybridized carbons (Fsp3) is 0.500. The van der Waals surface area contributed by atoms with E-state index in [1.54, 1.807) is 0 Å². The highest BCUT2D eigenvalue weighted by Gasteiger charge is 2.23. The van der Waals surface area contributed by atoms with Crippen LogP contribution in [-0.4, -0.2) is 19.7 Å². The summed E-state index contributed by atoms with van der Waals surface area (Å²) in [5.41, 5.74) is 0. The third-order valence-corrected chi connectivity index (χ3v) is 2.88. The molecule has 1 aromatic rings. The molecule has 1 saturated heterocycles. The summed E-state index contributed by atoms with van der Waals surface area (Å²) < 4.78 is 5.72. The average molecular weight is 191 g/mol. The third-order valence-electron chi connectivity index (χ3n) is 2.88. The first-order chi connectivity index (χ1) is 6.86. The van der Waals surface area contributed by atoms with Crippen LogP contribution in [-0.2, 0) is 0 Å².